The second kappa shape index (κ2) is 6.67. The lowest BCUT2D eigenvalue weighted by Crippen LogP contribution is -2.25. The van der Waals surface area contributed by atoms with Gasteiger partial charge in [-0.15, -0.1) is 0 Å². The summed E-state index contributed by atoms with van der Waals surface area (Å²) in [6, 6.07) is 4.01. The number of nitrogens with zero attached hydrogens (tertiary/aromatic N) is 2. The molecule has 0 aliphatic carbocycles. The van der Waals surface area contributed by atoms with Crippen molar-refractivity contribution in [2.75, 3.05) is 19.5 Å². The Labute approximate surface area is 121 Å². The maximum absolute atomic E-state index is 9.19. The molecule has 0 amide bonds. The molecule has 0 unspecified atom stereocenters. The van der Waals surface area contributed by atoms with E-state index in [0.29, 0.717) is 23.9 Å². The highest BCUT2D eigenvalue weighted by Crippen LogP contribution is 2.31. The van der Waals surface area contributed by atoms with Crippen LogP contribution in [-0.4, -0.2) is 23.9 Å². The molecule has 20 heavy (non-hydrogen) atoms. The van der Waals surface area contributed by atoms with Crippen molar-refractivity contribution in [3.8, 4) is 11.9 Å². The van der Waals surface area contributed by atoms with Crippen LogP contribution in [0.5, 0.6) is 5.88 Å². The highest BCUT2D eigenvalue weighted by atomic mass is 16.5. The molecule has 5 nitrogen and oxygen atoms in total. The van der Waals surface area contributed by atoms with Crippen molar-refractivity contribution in [3.63, 3.8) is 0 Å². The number of nitrogen functional groups attached to an aromatic ring is 1. The molecule has 1 atom stereocenters. The number of aromatic nitrogens is 1. The molecule has 0 bridgehead atoms. The average molecular weight is 279 g/mol. The van der Waals surface area contributed by atoms with Crippen molar-refractivity contribution in [3.05, 3.63) is 11.8 Å². The van der Waals surface area contributed by atoms with Crippen molar-refractivity contribution < 1.29 is 9.47 Å². The Balaban J connectivity index is 2.90. The van der Waals surface area contributed by atoms with Crippen molar-refractivity contribution in [1.29, 1.82) is 5.26 Å². The van der Waals surface area contributed by atoms with Crippen LogP contribution in [0.2, 0.25) is 0 Å². The van der Waals surface area contributed by atoms with Crippen LogP contribution in [0.15, 0.2) is 6.07 Å². The zero-order valence-electron chi connectivity index (χ0n) is 13.1. The highest BCUT2D eigenvalue weighted by Gasteiger charge is 2.20. The van der Waals surface area contributed by atoms with E-state index in [0.717, 1.165) is 12.8 Å². The van der Waals surface area contributed by atoms with Crippen LogP contribution in [0.25, 0.3) is 0 Å². The fourth-order valence-corrected chi connectivity index (χ4v) is 1.88. The molecule has 1 aromatic heterocycles. The number of ether oxygens (including phenoxy) is 2. The number of methoxy groups -OCH3 is 1. The van der Waals surface area contributed by atoms with E-state index < -0.39 is 0 Å². The average Bonchev–Trinajstić information content (AvgIpc) is 2.74. The Hall–Kier alpha value is -1.67. The monoisotopic (exact) mass is 279 g/mol. The summed E-state index contributed by atoms with van der Waals surface area (Å²) in [6.45, 7) is 8.63. The summed E-state index contributed by atoms with van der Waals surface area (Å²) in [7, 11) is 1.68. The number of nitriles is 1. The lowest BCUT2D eigenvalue weighted by atomic mass is 10.1. The van der Waals surface area contributed by atoms with E-state index >= 15 is 0 Å². The molecule has 0 aliphatic heterocycles. The van der Waals surface area contributed by atoms with Gasteiger partial charge in [-0.05, 0) is 27.2 Å². The number of nitrogens with two attached hydrogens (primary N) is 1. The summed E-state index contributed by atoms with van der Waals surface area (Å²) in [5, 5.41) is 9.19. The van der Waals surface area contributed by atoms with E-state index in [1.807, 2.05) is 25.3 Å². The Morgan fingerprint density at radius 1 is 1.50 bits per heavy atom. The minimum atomic E-state index is -0.236. The molecule has 0 fully saturated rings. The first-order valence-corrected chi connectivity index (χ1v) is 6.95. The maximum Gasteiger partial charge on any atom is 0.218 e. The van der Waals surface area contributed by atoms with Gasteiger partial charge in [0.1, 0.15) is 11.8 Å². The largest absolute Gasteiger partial charge is 0.477 e. The SMILES string of the molecule is CC[C@@H](C)n1c(C#N)cc(N)c1OCCC(C)(C)OC. The van der Waals surface area contributed by atoms with E-state index in [-0.39, 0.29) is 11.6 Å². The van der Waals surface area contributed by atoms with Gasteiger partial charge < -0.3 is 15.2 Å². The third-order valence-electron chi connectivity index (χ3n) is 3.66. The summed E-state index contributed by atoms with van der Waals surface area (Å²) < 4.78 is 13.0. The fourth-order valence-electron chi connectivity index (χ4n) is 1.88. The van der Waals surface area contributed by atoms with E-state index in [2.05, 4.69) is 13.0 Å². The second-order valence-electron chi connectivity index (χ2n) is 5.59. The van der Waals surface area contributed by atoms with Gasteiger partial charge in [0.05, 0.1) is 17.9 Å². The first-order chi connectivity index (χ1) is 9.36. The van der Waals surface area contributed by atoms with Crippen LogP contribution in [0.4, 0.5) is 5.69 Å². The molecular formula is C15H25N3O2. The molecule has 0 aliphatic rings. The molecule has 0 saturated heterocycles. The van der Waals surface area contributed by atoms with Crippen LogP contribution in [0.3, 0.4) is 0 Å². The molecule has 0 spiro atoms. The zero-order valence-corrected chi connectivity index (χ0v) is 13.1. The van der Waals surface area contributed by atoms with Gasteiger partial charge >= 0.3 is 0 Å². The summed E-state index contributed by atoms with van der Waals surface area (Å²) in [4.78, 5) is 0. The third-order valence-corrected chi connectivity index (χ3v) is 3.66. The Kier molecular flexibility index (Phi) is 5.46. The Morgan fingerprint density at radius 2 is 2.15 bits per heavy atom. The minimum absolute atomic E-state index is 0.174. The van der Waals surface area contributed by atoms with Crippen LogP contribution in [-0.2, 0) is 4.74 Å². The maximum atomic E-state index is 9.19. The van der Waals surface area contributed by atoms with Crippen LogP contribution in [0.1, 0.15) is 52.3 Å². The predicted octanol–water partition coefficient (Wildman–Crippen LogP) is 3.11. The fraction of sp³-hybridized carbons (Fsp3) is 0.667. The predicted molar refractivity (Wildman–Crippen MR) is 79.8 cm³/mol. The summed E-state index contributed by atoms with van der Waals surface area (Å²) in [5.41, 5.74) is 6.78. The van der Waals surface area contributed by atoms with E-state index in [1.54, 1.807) is 13.2 Å². The van der Waals surface area contributed by atoms with E-state index in [4.69, 9.17) is 15.2 Å². The van der Waals surface area contributed by atoms with Crippen molar-refractivity contribution in [2.24, 2.45) is 0 Å². The Bertz CT molecular complexity index is 486. The summed E-state index contributed by atoms with van der Waals surface area (Å²) in [5.74, 6) is 0.586. The molecule has 2 N–H and O–H groups in total. The van der Waals surface area contributed by atoms with Gasteiger partial charge in [-0.3, -0.25) is 4.57 Å². The molecule has 0 saturated carbocycles. The van der Waals surface area contributed by atoms with E-state index in [9.17, 15) is 5.26 Å². The summed E-state index contributed by atoms with van der Waals surface area (Å²) in [6.07, 6.45) is 1.65. The van der Waals surface area contributed by atoms with Gasteiger partial charge in [-0.25, -0.2) is 0 Å². The molecule has 112 valence electrons. The van der Waals surface area contributed by atoms with Gasteiger partial charge in [0, 0.05) is 25.6 Å². The first-order valence-electron chi connectivity index (χ1n) is 6.95. The standard InChI is InChI=1S/C15H25N3O2/c1-6-11(2)18-12(10-16)9-13(17)14(18)20-8-7-15(3,4)19-5/h9,11H,6-8,17H2,1-5H3/t11-/m1/s1. The molecule has 0 radical (unpaired) electrons. The van der Waals surface area contributed by atoms with Gasteiger partial charge in [-0.2, -0.15) is 5.26 Å². The molecule has 1 heterocycles. The lowest BCUT2D eigenvalue weighted by Gasteiger charge is -2.23. The number of hydrogen-bond donors (Lipinski definition) is 1. The van der Waals surface area contributed by atoms with Crippen molar-refractivity contribution in [1.82, 2.24) is 4.57 Å². The van der Waals surface area contributed by atoms with Crippen LogP contribution in [0, 0.1) is 11.3 Å². The van der Waals surface area contributed by atoms with Crippen LogP contribution < -0.4 is 10.5 Å². The van der Waals surface area contributed by atoms with Crippen molar-refractivity contribution >= 4 is 5.69 Å². The topological polar surface area (TPSA) is 73.2 Å². The van der Waals surface area contributed by atoms with Gasteiger partial charge in [0.2, 0.25) is 5.88 Å². The quantitative estimate of drug-likeness (QED) is 0.832. The number of rotatable bonds is 7. The Morgan fingerprint density at radius 3 is 2.65 bits per heavy atom. The lowest BCUT2D eigenvalue weighted by molar-refractivity contribution is 0.00473. The van der Waals surface area contributed by atoms with Crippen molar-refractivity contribution in [2.45, 2.75) is 52.2 Å². The number of hydrogen-bond acceptors (Lipinski definition) is 4. The van der Waals surface area contributed by atoms with Gasteiger partial charge in [0.15, 0.2) is 0 Å². The minimum Gasteiger partial charge on any atom is -0.477 e. The molecule has 0 aromatic carbocycles. The first kappa shape index (κ1) is 16.4. The molecule has 5 heteroatoms. The molecule has 1 rings (SSSR count). The highest BCUT2D eigenvalue weighted by molar-refractivity contribution is 5.55. The third kappa shape index (κ3) is 3.67. The molecule has 1 aromatic rings. The van der Waals surface area contributed by atoms with Crippen LogP contribution >= 0.6 is 0 Å². The smallest absolute Gasteiger partial charge is 0.218 e. The molecular weight excluding hydrogens is 254 g/mol. The van der Waals surface area contributed by atoms with Gasteiger partial charge in [-0.1, -0.05) is 6.92 Å². The second-order valence-corrected chi connectivity index (χ2v) is 5.59. The van der Waals surface area contributed by atoms with E-state index in [1.165, 1.54) is 0 Å². The van der Waals surface area contributed by atoms with Gasteiger partial charge in [0.25, 0.3) is 0 Å². The normalized spacial score (nSPS) is 13.0. The number of anilines is 1. The zero-order chi connectivity index (χ0) is 15.3. The summed E-state index contributed by atoms with van der Waals surface area (Å²) >= 11 is 0.